The first kappa shape index (κ1) is 13.1. The second kappa shape index (κ2) is 5.53. The number of nitrogens with zero attached hydrogens (tertiary/aromatic N) is 2. The molecule has 19 heavy (non-hydrogen) atoms. The van der Waals surface area contributed by atoms with E-state index in [1.165, 1.54) is 6.39 Å². The Bertz CT molecular complexity index is 625. The number of hydrogen-bond donors (Lipinski definition) is 1. The number of carbonyl (C=O) groups is 1. The summed E-state index contributed by atoms with van der Waals surface area (Å²) in [6.07, 6.45) is 1.39. The van der Waals surface area contributed by atoms with Crippen LogP contribution in [0.1, 0.15) is 19.4 Å². The molecule has 2 aromatic rings. The number of aromatic nitrogens is 1. The van der Waals surface area contributed by atoms with Crippen LogP contribution in [0.5, 0.6) is 0 Å². The molecule has 98 valence electrons. The van der Waals surface area contributed by atoms with Crippen LogP contribution < -0.4 is 5.32 Å². The lowest BCUT2D eigenvalue weighted by Gasteiger charge is -2.12. The van der Waals surface area contributed by atoms with Crippen molar-refractivity contribution >= 4 is 17.0 Å². The topological polar surface area (TPSA) is 78.9 Å². The van der Waals surface area contributed by atoms with Crippen molar-refractivity contribution in [3.05, 3.63) is 30.2 Å². The molecule has 1 N–H and O–H groups in total. The predicted octanol–water partition coefficient (Wildman–Crippen LogP) is 2.24. The van der Waals surface area contributed by atoms with Gasteiger partial charge in [0.2, 0.25) is 5.91 Å². The lowest BCUT2D eigenvalue weighted by Crippen LogP contribution is -2.32. The van der Waals surface area contributed by atoms with Crippen LogP contribution in [0.15, 0.2) is 29.0 Å². The highest BCUT2D eigenvalue weighted by Gasteiger charge is 2.21. The molecule has 1 heterocycles. The Morgan fingerprint density at radius 3 is 3.00 bits per heavy atom. The molecule has 0 spiro atoms. The molecule has 0 aliphatic rings. The van der Waals surface area contributed by atoms with Crippen LogP contribution in [-0.2, 0) is 11.3 Å². The smallest absolute Gasteiger partial charge is 0.237 e. The summed E-state index contributed by atoms with van der Waals surface area (Å²) in [6, 6.07) is 7.57. The van der Waals surface area contributed by atoms with Crippen LogP contribution in [0, 0.1) is 23.2 Å². The Balaban J connectivity index is 2.02. The number of benzene rings is 1. The molecule has 1 amide bonds. The summed E-state index contributed by atoms with van der Waals surface area (Å²) in [5.41, 5.74) is 2.39. The second-order valence-corrected chi connectivity index (χ2v) is 4.72. The Hall–Kier alpha value is -2.35. The number of oxazole rings is 1. The van der Waals surface area contributed by atoms with Crippen LogP contribution >= 0.6 is 0 Å². The third-order valence-corrected chi connectivity index (χ3v) is 2.95. The third kappa shape index (κ3) is 2.91. The van der Waals surface area contributed by atoms with Gasteiger partial charge in [0.15, 0.2) is 12.0 Å². The SMILES string of the molecule is CC(C)C(C#N)C(=O)NCc1ccc2ncoc2c1. The minimum Gasteiger partial charge on any atom is -0.443 e. The van der Waals surface area contributed by atoms with E-state index in [9.17, 15) is 4.79 Å². The Labute approximate surface area is 111 Å². The minimum absolute atomic E-state index is 0.00162. The van der Waals surface area contributed by atoms with Crippen molar-refractivity contribution in [2.45, 2.75) is 20.4 Å². The zero-order chi connectivity index (χ0) is 13.8. The lowest BCUT2D eigenvalue weighted by atomic mass is 9.96. The van der Waals surface area contributed by atoms with E-state index in [0.29, 0.717) is 12.1 Å². The van der Waals surface area contributed by atoms with Gasteiger partial charge in [0, 0.05) is 6.54 Å². The molecule has 5 nitrogen and oxygen atoms in total. The van der Waals surface area contributed by atoms with Crippen LogP contribution in [0.4, 0.5) is 0 Å². The molecule has 0 bridgehead atoms. The predicted molar refractivity (Wildman–Crippen MR) is 69.8 cm³/mol. The fourth-order valence-corrected chi connectivity index (χ4v) is 1.82. The summed E-state index contributed by atoms with van der Waals surface area (Å²) in [5.74, 6) is -0.856. The van der Waals surface area contributed by atoms with Crippen molar-refractivity contribution in [1.29, 1.82) is 5.26 Å². The number of hydrogen-bond acceptors (Lipinski definition) is 4. The molecule has 0 saturated carbocycles. The molecule has 0 fully saturated rings. The number of nitriles is 1. The number of amides is 1. The first-order chi connectivity index (χ1) is 9.11. The quantitative estimate of drug-likeness (QED) is 0.911. The fourth-order valence-electron chi connectivity index (χ4n) is 1.82. The average Bonchev–Trinajstić information content (AvgIpc) is 2.84. The van der Waals surface area contributed by atoms with Gasteiger partial charge in [-0.25, -0.2) is 4.98 Å². The maximum atomic E-state index is 11.8. The van der Waals surface area contributed by atoms with Gasteiger partial charge in [-0.3, -0.25) is 4.79 Å². The molecular weight excluding hydrogens is 242 g/mol. The van der Waals surface area contributed by atoms with Gasteiger partial charge in [-0.15, -0.1) is 0 Å². The van der Waals surface area contributed by atoms with Crippen LogP contribution in [0.3, 0.4) is 0 Å². The first-order valence-corrected chi connectivity index (χ1v) is 6.11. The maximum absolute atomic E-state index is 11.8. The van der Waals surface area contributed by atoms with E-state index in [-0.39, 0.29) is 11.8 Å². The van der Waals surface area contributed by atoms with E-state index >= 15 is 0 Å². The summed E-state index contributed by atoms with van der Waals surface area (Å²) < 4.78 is 5.20. The summed E-state index contributed by atoms with van der Waals surface area (Å²) in [4.78, 5) is 15.9. The van der Waals surface area contributed by atoms with Gasteiger partial charge in [0.05, 0.1) is 6.07 Å². The van der Waals surface area contributed by atoms with E-state index < -0.39 is 5.92 Å². The Morgan fingerprint density at radius 1 is 1.53 bits per heavy atom. The van der Waals surface area contributed by atoms with Gasteiger partial charge in [-0.05, 0) is 23.6 Å². The van der Waals surface area contributed by atoms with Crippen molar-refractivity contribution in [2.24, 2.45) is 11.8 Å². The number of fused-ring (bicyclic) bond motifs is 1. The maximum Gasteiger partial charge on any atom is 0.237 e. The summed E-state index contributed by atoms with van der Waals surface area (Å²) >= 11 is 0. The molecule has 1 atom stereocenters. The van der Waals surface area contributed by atoms with Gasteiger partial charge in [-0.1, -0.05) is 19.9 Å². The lowest BCUT2D eigenvalue weighted by molar-refractivity contribution is -0.124. The zero-order valence-electron chi connectivity index (χ0n) is 10.9. The normalized spacial score (nSPS) is 12.3. The molecule has 1 aromatic carbocycles. The summed E-state index contributed by atoms with van der Waals surface area (Å²) in [7, 11) is 0. The van der Waals surface area contributed by atoms with Gasteiger partial charge in [-0.2, -0.15) is 5.26 Å². The molecular formula is C14H15N3O2. The zero-order valence-corrected chi connectivity index (χ0v) is 10.9. The Morgan fingerprint density at radius 2 is 2.32 bits per heavy atom. The molecule has 0 aliphatic carbocycles. The molecule has 0 aliphatic heterocycles. The fraction of sp³-hybridized carbons (Fsp3) is 0.357. The van der Waals surface area contributed by atoms with Crippen molar-refractivity contribution in [3.8, 4) is 6.07 Å². The molecule has 1 unspecified atom stereocenters. The second-order valence-electron chi connectivity index (χ2n) is 4.72. The molecule has 1 aromatic heterocycles. The van der Waals surface area contributed by atoms with E-state index in [0.717, 1.165) is 11.1 Å². The summed E-state index contributed by atoms with van der Waals surface area (Å²) in [6.45, 7) is 4.09. The highest BCUT2D eigenvalue weighted by atomic mass is 16.3. The van der Waals surface area contributed by atoms with Crippen molar-refractivity contribution < 1.29 is 9.21 Å². The molecule has 2 rings (SSSR count). The van der Waals surface area contributed by atoms with Crippen molar-refractivity contribution in [1.82, 2.24) is 10.3 Å². The first-order valence-electron chi connectivity index (χ1n) is 6.11. The number of carbonyl (C=O) groups excluding carboxylic acids is 1. The minimum atomic E-state index is -0.617. The highest BCUT2D eigenvalue weighted by molar-refractivity contribution is 5.81. The van der Waals surface area contributed by atoms with Gasteiger partial charge < -0.3 is 9.73 Å². The largest absolute Gasteiger partial charge is 0.443 e. The standard InChI is InChI=1S/C14H15N3O2/c1-9(2)11(6-15)14(18)16-7-10-3-4-12-13(5-10)19-8-17-12/h3-5,8-9,11H,7H2,1-2H3,(H,16,18). The van der Waals surface area contributed by atoms with E-state index in [1.807, 2.05) is 38.1 Å². The van der Waals surface area contributed by atoms with Gasteiger partial charge in [0.25, 0.3) is 0 Å². The summed E-state index contributed by atoms with van der Waals surface area (Å²) in [5, 5.41) is 11.7. The average molecular weight is 257 g/mol. The number of rotatable bonds is 4. The van der Waals surface area contributed by atoms with Crippen LogP contribution in [-0.4, -0.2) is 10.9 Å². The third-order valence-electron chi connectivity index (χ3n) is 2.95. The van der Waals surface area contributed by atoms with E-state index in [2.05, 4.69) is 10.3 Å². The van der Waals surface area contributed by atoms with E-state index in [4.69, 9.17) is 9.68 Å². The monoisotopic (exact) mass is 257 g/mol. The van der Waals surface area contributed by atoms with Crippen LogP contribution in [0.2, 0.25) is 0 Å². The van der Waals surface area contributed by atoms with E-state index in [1.54, 1.807) is 0 Å². The highest BCUT2D eigenvalue weighted by Crippen LogP contribution is 2.15. The van der Waals surface area contributed by atoms with Crippen molar-refractivity contribution in [2.75, 3.05) is 0 Å². The number of nitrogens with one attached hydrogen (secondary N) is 1. The van der Waals surface area contributed by atoms with Crippen LogP contribution in [0.25, 0.3) is 11.1 Å². The van der Waals surface area contributed by atoms with Gasteiger partial charge >= 0.3 is 0 Å². The Kier molecular flexibility index (Phi) is 3.81. The van der Waals surface area contributed by atoms with Gasteiger partial charge in [0.1, 0.15) is 11.4 Å². The molecule has 0 saturated heterocycles. The molecule has 5 heteroatoms. The molecule has 0 radical (unpaired) electrons. The van der Waals surface area contributed by atoms with Crippen molar-refractivity contribution in [3.63, 3.8) is 0 Å².